The Morgan fingerprint density at radius 3 is 2.76 bits per heavy atom. The molecule has 2 atom stereocenters. The Morgan fingerprint density at radius 1 is 1.33 bits per heavy atom. The highest BCUT2D eigenvalue weighted by molar-refractivity contribution is 9.10. The van der Waals surface area contributed by atoms with E-state index in [2.05, 4.69) is 31.9 Å². The predicted octanol–water partition coefficient (Wildman–Crippen LogP) is 0.0179. The highest BCUT2D eigenvalue weighted by atomic mass is 79.9. The maximum absolute atomic E-state index is 11.9. The summed E-state index contributed by atoms with van der Waals surface area (Å²) < 4.78 is 0.842. The van der Waals surface area contributed by atoms with Crippen LogP contribution in [0, 0.1) is 0 Å². The Labute approximate surface area is 131 Å². The summed E-state index contributed by atoms with van der Waals surface area (Å²) in [5, 5.41) is 17.7. The van der Waals surface area contributed by atoms with Crippen LogP contribution in [-0.4, -0.2) is 48.7 Å². The van der Waals surface area contributed by atoms with E-state index in [-0.39, 0.29) is 17.9 Å². The minimum absolute atomic E-state index is 0.150. The number of halogens is 1. The zero-order chi connectivity index (χ0) is 15.2. The fourth-order valence-electron chi connectivity index (χ4n) is 2.13. The molecule has 4 N–H and O–H groups in total. The smallest absolute Gasteiger partial charge is 0.251 e. The van der Waals surface area contributed by atoms with Crippen LogP contribution in [0.4, 0.5) is 0 Å². The van der Waals surface area contributed by atoms with E-state index in [0.29, 0.717) is 31.6 Å². The van der Waals surface area contributed by atoms with Gasteiger partial charge in [0.05, 0.1) is 12.1 Å². The van der Waals surface area contributed by atoms with Crippen molar-refractivity contribution < 1.29 is 14.7 Å². The SMILES string of the molecule is O=C(NCCNC(=O)C1CC(O)CN1)c1cccc(Br)c1. The van der Waals surface area contributed by atoms with E-state index in [1.165, 1.54) is 0 Å². The third-order valence-electron chi connectivity index (χ3n) is 3.22. The summed E-state index contributed by atoms with van der Waals surface area (Å²) in [4.78, 5) is 23.6. The molecule has 0 saturated carbocycles. The van der Waals surface area contributed by atoms with E-state index < -0.39 is 6.10 Å². The normalized spacial score (nSPS) is 21.0. The number of aliphatic hydroxyl groups excluding tert-OH is 1. The second-order valence-electron chi connectivity index (χ2n) is 4.91. The van der Waals surface area contributed by atoms with Gasteiger partial charge >= 0.3 is 0 Å². The van der Waals surface area contributed by atoms with Gasteiger partial charge in [-0.25, -0.2) is 0 Å². The molecule has 1 heterocycles. The molecule has 0 aromatic heterocycles. The van der Waals surface area contributed by atoms with Crippen molar-refractivity contribution in [2.75, 3.05) is 19.6 Å². The molecule has 2 amide bonds. The molecule has 0 bridgehead atoms. The van der Waals surface area contributed by atoms with Crippen LogP contribution in [0.15, 0.2) is 28.7 Å². The highest BCUT2D eigenvalue weighted by Gasteiger charge is 2.27. The number of β-amino-alcohol motifs (C(OH)–C–C–N with tert-alkyl or cyclic N) is 1. The Kier molecular flexibility index (Phi) is 5.72. The van der Waals surface area contributed by atoms with Crippen molar-refractivity contribution in [2.24, 2.45) is 0 Å². The number of carbonyl (C=O) groups is 2. The molecule has 1 aliphatic rings. The number of rotatable bonds is 5. The fourth-order valence-corrected chi connectivity index (χ4v) is 2.53. The summed E-state index contributed by atoms with van der Waals surface area (Å²) >= 11 is 3.31. The lowest BCUT2D eigenvalue weighted by atomic mass is 10.2. The average Bonchev–Trinajstić information content (AvgIpc) is 2.90. The minimum atomic E-state index is -0.461. The zero-order valence-corrected chi connectivity index (χ0v) is 13.0. The second-order valence-corrected chi connectivity index (χ2v) is 5.82. The lowest BCUT2D eigenvalue weighted by Gasteiger charge is -2.11. The standard InChI is InChI=1S/C14H18BrN3O3/c15-10-3-1-2-9(6-10)13(20)16-4-5-17-14(21)12-7-11(19)8-18-12/h1-3,6,11-12,18-19H,4-5,7-8H2,(H,16,20)(H,17,21). The number of benzene rings is 1. The van der Waals surface area contributed by atoms with Crippen molar-refractivity contribution >= 4 is 27.7 Å². The van der Waals surface area contributed by atoms with E-state index >= 15 is 0 Å². The first-order valence-corrected chi connectivity index (χ1v) is 7.58. The molecule has 1 fully saturated rings. The summed E-state index contributed by atoms with van der Waals surface area (Å²) in [6, 6.07) is 6.75. The van der Waals surface area contributed by atoms with Crippen LogP contribution in [-0.2, 0) is 4.79 Å². The summed E-state index contributed by atoms with van der Waals surface area (Å²) in [5.74, 6) is -0.330. The van der Waals surface area contributed by atoms with Crippen LogP contribution >= 0.6 is 15.9 Å². The van der Waals surface area contributed by atoms with Gasteiger partial charge < -0.3 is 21.1 Å². The molecule has 7 heteroatoms. The third kappa shape index (κ3) is 4.80. The van der Waals surface area contributed by atoms with Gasteiger partial charge in [-0.2, -0.15) is 0 Å². The molecule has 0 radical (unpaired) electrons. The van der Waals surface area contributed by atoms with Gasteiger partial charge in [-0.1, -0.05) is 22.0 Å². The topological polar surface area (TPSA) is 90.5 Å². The number of carbonyl (C=O) groups excluding carboxylic acids is 2. The quantitative estimate of drug-likeness (QED) is 0.560. The fraction of sp³-hybridized carbons (Fsp3) is 0.429. The summed E-state index contributed by atoms with van der Waals surface area (Å²) in [6.07, 6.45) is -0.0343. The first kappa shape index (κ1) is 15.9. The van der Waals surface area contributed by atoms with Crippen molar-refractivity contribution in [3.8, 4) is 0 Å². The Hall–Kier alpha value is -1.44. The first-order chi connectivity index (χ1) is 10.1. The van der Waals surface area contributed by atoms with Crippen molar-refractivity contribution in [1.82, 2.24) is 16.0 Å². The number of hydrogen-bond donors (Lipinski definition) is 4. The van der Waals surface area contributed by atoms with Gasteiger partial charge in [-0.15, -0.1) is 0 Å². The monoisotopic (exact) mass is 355 g/mol. The number of amides is 2. The van der Waals surface area contributed by atoms with E-state index in [4.69, 9.17) is 0 Å². The molecule has 1 saturated heterocycles. The number of nitrogens with one attached hydrogen (secondary N) is 3. The summed E-state index contributed by atoms with van der Waals surface area (Å²) in [6.45, 7) is 1.15. The lowest BCUT2D eigenvalue weighted by Crippen LogP contribution is -2.43. The van der Waals surface area contributed by atoms with Gasteiger partial charge in [0.1, 0.15) is 0 Å². The molecule has 1 aromatic carbocycles. The maximum Gasteiger partial charge on any atom is 0.251 e. The van der Waals surface area contributed by atoms with Crippen molar-refractivity contribution in [3.05, 3.63) is 34.3 Å². The van der Waals surface area contributed by atoms with Crippen LogP contribution in [0.1, 0.15) is 16.8 Å². The molecule has 1 aliphatic heterocycles. The predicted molar refractivity (Wildman–Crippen MR) is 81.9 cm³/mol. The Morgan fingerprint density at radius 2 is 2.10 bits per heavy atom. The molecule has 0 spiro atoms. The van der Waals surface area contributed by atoms with Gasteiger partial charge in [0, 0.05) is 29.7 Å². The van der Waals surface area contributed by atoms with E-state index in [0.717, 1.165) is 4.47 Å². The van der Waals surface area contributed by atoms with Crippen LogP contribution in [0.3, 0.4) is 0 Å². The molecule has 21 heavy (non-hydrogen) atoms. The maximum atomic E-state index is 11.9. The Bertz CT molecular complexity index is 524. The van der Waals surface area contributed by atoms with Gasteiger partial charge in [-0.05, 0) is 24.6 Å². The van der Waals surface area contributed by atoms with Crippen molar-refractivity contribution in [3.63, 3.8) is 0 Å². The van der Waals surface area contributed by atoms with Crippen molar-refractivity contribution in [1.29, 1.82) is 0 Å². The Balaban J connectivity index is 1.67. The molecular weight excluding hydrogens is 338 g/mol. The molecule has 2 rings (SSSR count). The highest BCUT2D eigenvalue weighted by Crippen LogP contribution is 2.11. The van der Waals surface area contributed by atoms with Crippen LogP contribution in [0.5, 0.6) is 0 Å². The third-order valence-corrected chi connectivity index (χ3v) is 3.71. The average molecular weight is 356 g/mol. The molecule has 114 valence electrons. The van der Waals surface area contributed by atoms with E-state index in [9.17, 15) is 14.7 Å². The summed E-state index contributed by atoms with van der Waals surface area (Å²) in [5.41, 5.74) is 0.566. The first-order valence-electron chi connectivity index (χ1n) is 6.79. The zero-order valence-electron chi connectivity index (χ0n) is 11.4. The van der Waals surface area contributed by atoms with Crippen LogP contribution in [0.2, 0.25) is 0 Å². The van der Waals surface area contributed by atoms with Gasteiger partial charge in [0.25, 0.3) is 5.91 Å². The number of aliphatic hydroxyl groups is 1. The molecule has 1 aromatic rings. The van der Waals surface area contributed by atoms with Gasteiger partial charge in [-0.3, -0.25) is 9.59 Å². The lowest BCUT2D eigenvalue weighted by molar-refractivity contribution is -0.122. The number of hydrogen-bond acceptors (Lipinski definition) is 4. The second kappa shape index (κ2) is 7.53. The molecule has 0 aliphatic carbocycles. The van der Waals surface area contributed by atoms with Gasteiger partial charge in [0.15, 0.2) is 0 Å². The van der Waals surface area contributed by atoms with Crippen LogP contribution < -0.4 is 16.0 Å². The molecule has 6 nitrogen and oxygen atoms in total. The largest absolute Gasteiger partial charge is 0.392 e. The van der Waals surface area contributed by atoms with Gasteiger partial charge in [0.2, 0.25) is 5.91 Å². The van der Waals surface area contributed by atoms with Crippen LogP contribution in [0.25, 0.3) is 0 Å². The van der Waals surface area contributed by atoms with Crippen molar-refractivity contribution in [2.45, 2.75) is 18.6 Å². The summed E-state index contributed by atoms with van der Waals surface area (Å²) in [7, 11) is 0. The molecular formula is C14H18BrN3O3. The minimum Gasteiger partial charge on any atom is -0.392 e. The van der Waals surface area contributed by atoms with E-state index in [1.54, 1.807) is 18.2 Å². The molecule has 2 unspecified atom stereocenters. The van der Waals surface area contributed by atoms with E-state index in [1.807, 2.05) is 6.07 Å².